The molecule has 0 aromatic carbocycles. The number of aliphatic hydroxyl groups is 2. The van der Waals surface area contributed by atoms with Gasteiger partial charge in [0.1, 0.15) is 12.2 Å². The van der Waals surface area contributed by atoms with Crippen LogP contribution in [0.5, 0.6) is 0 Å². The Labute approximate surface area is 153 Å². The minimum atomic E-state index is -0.615. The maximum absolute atomic E-state index is 12.4. The molecule has 0 aromatic heterocycles. The normalized spacial score (nSPS) is 39.7. The van der Waals surface area contributed by atoms with E-state index in [1.54, 1.807) is 6.92 Å². The van der Waals surface area contributed by atoms with Gasteiger partial charge in [0.2, 0.25) is 0 Å². The van der Waals surface area contributed by atoms with E-state index in [0.29, 0.717) is 24.0 Å². The van der Waals surface area contributed by atoms with Crippen LogP contribution in [0.15, 0.2) is 35.5 Å². The van der Waals surface area contributed by atoms with Crippen molar-refractivity contribution in [3.8, 4) is 0 Å². The molecule has 6 heteroatoms. The fraction of sp³-hybridized carbons (Fsp3) is 0.600. The number of carbonyl (C=O) groups is 2. The molecule has 2 N–H and O–H groups in total. The van der Waals surface area contributed by atoms with Gasteiger partial charge in [-0.1, -0.05) is 25.2 Å². The summed E-state index contributed by atoms with van der Waals surface area (Å²) in [5, 5.41) is 19.7. The Bertz CT molecular complexity index is 705. The Morgan fingerprint density at radius 1 is 1.54 bits per heavy atom. The molecular formula is C20H26O6. The first-order valence-corrected chi connectivity index (χ1v) is 8.93. The second-order valence-corrected chi connectivity index (χ2v) is 7.82. The minimum Gasteiger partial charge on any atom is -0.458 e. The Morgan fingerprint density at radius 3 is 2.88 bits per heavy atom. The first-order valence-electron chi connectivity index (χ1n) is 8.93. The van der Waals surface area contributed by atoms with Gasteiger partial charge >= 0.3 is 11.9 Å². The van der Waals surface area contributed by atoms with Crippen molar-refractivity contribution in [3.05, 3.63) is 35.5 Å². The van der Waals surface area contributed by atoms with Gasteiger partial charge in [-0.25, -0.2) is 9.59 Å². The van der Waals surface area contributed by atoms with E-state index in [9.17, 15) is 14.7 Å². The molecule has 0 unspecified atom stereocenters. The monoisotopic (exact) mass is 362 g/mol. The van der Waals surface area contributed by atoms with Crippen molar-refractivity contribution >= 4 is 11.9 Å². The molecule has 3 rings (SSSR count). The lowest BCUT2D eigenvalue weighted by Crippen LogP contribution is -2.57. The molecule has 0 bridgehead atoms. The highest BCUT2D eigenvalue weighted by molar-refractivity contribution is 5.92. The van der Waals surface area contributed by atoms with Crippen LogP contribution < -0.4 is 0 Å². The summed E-state index contributed by atoms with van der Waals surface area (Å²) < 4.78 is 11.3. The zero-order valence-corrected chi connectivity index (χ0v) is 15.4. The van der Waals surface area contributed by atoms with Gasteiger partial charge in [0.05, 0.1) is 18.6 Å². The van der Waals surface area contributed by atoms with Crippen molar-refractivity contribution in [2.45, 2.75) is 51.9 Å². The fourth-order valence-electron chi connectivity index (χ4n) is 4.76. The molecule has 0 spiro atoms. The highest BCUT2D eigenvalue weighted by atomic mass is 16.6. The van der Waals surface area contributed by atoms with Crippen LogP contribution in [-0.4, -0.2) is 47.1 Å². The molecule has 1 saturated carbocycles. The average Bonchev–Trinajstić information content (AvgIpc) is 2.86. The van der Waals surface area contributed by atoms with Crippen molar-refractivity contribution in [2.75, 3.05) is 6.61 Å². The number of fused-ring (bicyclic) bond motifs is 3. The Morgan fingerprint density at radius 2 is 2.23 bits per heavy atom. The van der Waals surface area contributed by atoms with E-state index in [1.807, 2.05) is 19.9 Å². The third kappa shape index (κ3) is 2.81. The standard InChI is InChI=1S/C20H26O6/c1-10-5-6-14(22)20(4)9-13(25-18(23)11(2)7-8-21)15-12(3)19(24)26-17(15)16(10)20/h5,7,13-17,21-22H,3,6,8-9H2,1-2,4H3/b11-7+/t13-,14-,15-,16-,17+,20+/m1/s1. The summed E-state index contributed by atoms with van der Waals surface area (Å²) in [6.07, 6.45) is 2.58. The molecule has 1 heterocycles. The van der Waals surface area contributed by atoms with Crippen molar-refractivity contribution < 1.29 is 29.3 Å². The molecule has 0 radical (unpaired) electrons. The van der Waals surface area contributed by atoms with E-state index in [2.05, 4.69) is 6.58 Å². The molecule has 0 aromatic rings. The number of ether oxygens (including phenoxy) is 2. The second-order valence-electron chi connectivity index (χ2n) is 7.82. The van der Waals surface area contributed by atoms with E-state index in [-0.39, 0.29) is 12.5 Å². The van der Waals surface area contributed by atoms with Crippen molar-refractivity contribution in [2.24, 2.45) is 17.3 Å². The first kappa shape index (κ1) is 18.9. The van der Waals surface area contributed by atoms with Crippen molar-refractivity contribution in [1.82, 2.24) is 0 Å². The number of hydrogen-bond donors (Lipinski definition) is 2. The zero-order chi connectivity index (χ0) is 19.2. The van der Waals surface area contributed by atoms with E-state index < -0.39 is 41.6 Å². The molecule has 0 amide bonds. The van der Waals surface area contributed by atoms with Crippen LogP contribution in [0, 0.1) is 17.3 Å². The topological polar surface area (TPSA) is 93.1 Å². The van der Waals surface area contributed by atoms with Crippen LogP contribution in [-0.2, 0) is 19.1 Å². The van der Waals surface area contributed by atoms with Crippen LogP contribution in [0.4, 0.5) is 0 Å². The smallest absolute Gasteiger partial charge is 0.334 e. The summed E-state index contributed by atoms with van der Waals surface area (Å²) in [4.78, 5) is 24.5. The summed E-state index contributed by atoms with van der Waals surface area (Å²) in [6, 6.07) is 0. The van der Waals surface area contributed by atoms with E-state index in [1.165, 1.54) is 6.08 Å². The predicted octanol–water partition coefficient (Wildman–Crippen LogP) is 1.67. The number of carbonyl (C=O) groups excluding carboxylic acids is 2. The van der Waals surface area contributed by atoms with Gasteiger partial charge < -0.3 is 19.7 Å². The number of esters is 2. The summed E-state index contributed by atoms with van der Waals surface area (Å²) in [6.45, 7) is 9.12. The second kappa shape index (κ2) is 6.67. The number of hydrogen-bond acceptors (Lipinski definition) is 6. The Hall–Kier alpha value is -1.92. The molecule has 6 atom stereocenters. The molecule has 2 fully saturated rings. The van der Waals surface area contributed by atoms with Gasteiger partial charge in [0.15, 0.2) is 0 Å². The van der Waals surface area contributed by atoms with Crippen LogP contribution in [0.25, 0.3) is 0 Å². The van der Waals surface area contributed by atoms with Crippen molar-refractivity contribution in [3.63, 3.8) is 0 Å². The highest BCUT2D eigenvalue weighted by Gasteiger charge is 2.61. The largest absolute Gasteiger partial charge is 0.458 e. The summed E-state index contributed by atoms with van der Waals surface area (Å²) in [5.74, 6) is -1.58. The van der Waals surface area contributed by atoms with Gasteiger partial charge in [-0.2, -0.15) is 0 Å². The van der Waals surface area contributed by atoms with Gasteiger partial charge in [-0.15, -0.1) is 0 Å². The lowest BCUT2D eigenvalue weighted by atomic mass is 9.54. The average molecular weight is 362 g/mol. The van der Waals surface area contributed by atoms with Crippen molar-refractivity contribution in [1.29, 1.82) is 0 Å². The van der Waals surface area contributed by atoms with E-state index in [0.717, 1.165) is 5.57 Å². The molecular weight excluding hydrogens is 336 g/mol. The van der Waals surface area contributed by atoms with Gasteiger partial charge in [-0.05, 0) is 32.8 Å². The molecule has 1 saturated heterocycles. The minimum absolute atomic E-state index is 0.136. The quantitative estimate of drug-likeness (QED) is 0.451. The van der Waals surface area contributed by atoms with Crippen LogP contribution in [0.2, 0.25) is 0 Å². The third-order valence-electron chi connectivity index (χ3n) is 6.23. The fourth-order valence-corrected chi connectivity index (χ4v) is 4.76. The predicted molar refractivity (Wildman–Crippen MR) is 93.8 cm³/mol. The van der Waals surface area contributed by atoms with Crippen LogP contribution in [0.1, 0.15) is 33.6 Å². The molecule has 6 nitrogen and oxygen atoms in total. The first-order chi connectivity index (χ1) is 12.2. The molecule has 2 aliphatic carbocycles. The van der Waals surface area contributed by atoms with Gasteiger partial charge in [0.25, 0.3) is 0 Å². The van der Waals surface area contributed by atoms with E-state index >= 15 is 0 Å². The molecule has 1 aliphatic heterocycles. The number of aliphatic hydroxyl groups excluding tert-OH is 2. The Balaban J connectivity index is 1.97. The maximum Gasteiger partial charge on any atom is 0.334 e. The SMILES string of the molecule is C=C1C(=O)O[C@H]2[C@H]1[C@H](OC(=O)/C(C)=C/CO)C[C@@]1(C)[C@H](O)CC=C(C)[C@H]21. The zero-order valence-electron chi connectivity index (χ0n) is 15.4. The molecule has 26 heavy (non-hydrogen) atoms. The highest BCUT2D eigenvalue weighted by Crippen LogP contribution is 2.56. The third-order valence-corrected chi connectivity index (χ3v) is 6.23. The van der Waals surface area contributed by atoms with Crippen LogP contribution in [0.3, 0.4) is 0 Å². The van der Waals surface area contributed by atoms with Gasteiger partial charge in [-0.3, -0.25) is 0 Å². The molecule has 3 aliphatic rings. The lowest BCUT2D eigenvalue weighted by molar-refractivity contribution is -0.172. The van der Waals surface area contributed by atoms with E-state index in [4.69, 9.17) is 14.6 Å². The summed E-state index contributed by atoms with van der Waals surface area (Å²) in [5.41, 5.74) is 1.13. The van der Waals surface area contributed by atoms with Gasteiger partial charge in [0, 0.05) is 22.5 Å². The summed E-state index contributed by atoms with van der Waals surface area (Å²) in [7, 11) is 0. The molecule has 142 valence electrons. The number of rotatable bonds is 3. The summed E-state index contributed by atoms with van der Waals surface area (Å²) >= 11 is 0. The lowest BCUT2D eigenvalue weighted by Gasteiger charge is -2.53. The maximum atomic E-state index is 12.4. The Kier molecular flexibility index (Phi) is 4.84. The van der Waals surface area contributed by atoms with Crippen LogP contribution >= 0.6 is 0 Å².